The Hall–Kier alpha value is -2.04. The number of carboxylic acid groups (broad SMARTS) is 1. The van der Waals surface area contributed by atoms with Crippen molar-refractivity contribution in [1.82, 2.24) is 5.32 Å². The van der Waals surface area contributed by atoms with Crippen molar-refractivity contribution >= 4 is 11.9 Å². The SMILES string of the molecule is COc1ccc(CC(NC(=O)C(C)C)C(=O)O)cc1. The number of hydrogen-bond donors (Lipinski definition) is 2. The number of benzene rings is 1. The lowest BCUT2D eigenvalue weighted by Gasteiger charge is -2.16. The summed E-state index contributed by atoms with van der Waals surface area (Å²) in [6.45, 7) is 3.45. The molecular weight excluding hydrogens is 246 g/mol. The van der Waals surface area contributed by atoms with Crippen LogP contribution >= 0.6 is 0 Å². The molecule has 0 spiro atoms. The molecule has 1 rings (SSSR count). The van der Waals surface area contributed by atoms with Gasteiger partial charge in [-0.15, -0.1) is 0 Å². The number of carboxylic acids is 1. The fraction of sp³-hybridized carbons (Fsp3) is 0.429. The number of ether oxygens (including phenoxy) is 1. The molecule has 1 unspecified atom stereocenters. The summed E-state index contributed by atoms with van der Waals surface area (Å²) in [7, 11) is 1.57. The molecule has 0 saturated heterocycles. The fourth-order valence-electron chi connectivity index (χ4n) is 1.54. The molecule has 1 atom stereocenters. The summed E-state index contributed by atoms with van der Waals surface area (Å²) in [6.07, 6.45) is 0.248. The normalized spacial score (nSPS) is 12.0. The van der Waals surface area contributed by atoms with E-state index in [1.54, 1.807) is 45.2 Å². The first-order valence-electron chi connectivity index (χ1n) is 6.10. The summed E-state index contributed by atoms with van der Waals surface area (Å²) in [5.41, 5.74) is 0.831. The summed E-state index contributed by atoms with van der Waals surface area (Å²) in [4.78, 5) is 22.7. The maximum Gasteiger partial charge on any atom is 0.326 e. The van der Waals surface area contributed by atoms with Crippen LogP contribution in [0.4, 0.5) is 0 Å². The van der Waals surface area contributed by atoms with E-state index >= 15 is 0 Å². The van der Waals surface area contributed by atoms with E-state index in [9.17, 15) is 9.59 Å². The Balaban J connectivity index is 2.72. The highest BCUT2D eigenvalue weighted by Gasteiger charge is 2.21. The van der Waals surface area contributed by atoms with Gasteiger partial charge in [-0.2, -0.15) is 0 Å². The van der Waals surface area contributed by atoms with Crippen molar-refractivity contribution in [1.29, 1.82) is 0 Å². The third-order valence-corrected chi connectivity index (χ3v) is 2.74. The van der Waals surface area contributed by atoms with Crippen LogP contribution in [0.25, 0.3) is 0 Å². The largest absolute Gasteiger partial charge is 0.497 e. The first-order chi connectivity index (χ1) is 8.93. The van der Waals surface area contributed by atoms with Gasteiger partial charge in [0.05, 0.1) is 7.11 Å². The highest BCUT2D eigenvalue weighted by molar-refractivity contribution is 5.84. The van der Waals surface area contributed by atoms with Gasteiger partial charge in [0.15, 0.2) is 0 Å². The van der Waals surface area contributed by atoms with Crippen LogP contribution in [-0.4, -0.2) is 30.1 Å². The zero-order chi connectivity index (χ0) is 14.4. The molecule has 5 nitrogen and oxygen atoms in total. The molecule has 5 heteroatoms. The highest BCUT2D eigenvalue weighted by Crippen LogP contribution is 2.13. The lowest BCUT2D eigenvalue weighted by Crippen LogP contribution is -2.44. The third-order valence-electron chi connectivity index (χ3n) is 2.74. The van der Waals surface area contributed by atoms with Crippen molar-refractivity contribution in [3.63, 3.8) is 0 Å². The van der Waals surface area contributed by atoms with Crippen molar-refractivity contribution in [2.45, 2.75) is 26.3 Å². The smallest absolute Gasteiger partial charge is 0.326 e. The number of hydrogen-bond acceptors (Lipinski definition) is 3. The second-order valence-corrected chi connectivity index (χ2v) is 4.61. The van der Waals surface area contributed by atoms with Crippen molar-refractivity contribution in [2.75, 3.05) is 7.11 Å². The van der Waals surface area contributed by atoms with Gasteiger partial charge in [-0.05, 0) is 17.7 Å². The first-order valence-corrected chi connectivity index (χ1v) is 6.10. The van der Waals surface area contributed by atoms with Crippen LogP contribution in [0.2, 0.25) is 0 Å². The Morgan fingerprint density at radius 3 is 2.26 bits per heavy atom. The van der Waals surface area contributed by atoms with Gasteiger partial charge in [0.2, 0.25) is 5.91 Å². The number of carbonyl (C=O) groups is 2. The topological polar surface area (TPSA) is 75.6 Å². The summed E-state index contributed by atoms with van der Waals surface area (Å²) < 4.78 is 5.03. The van der Waals surface area contributed by atoms with Gasteiger partial charge in [-0.1, -0.05) is 26.0 Å². The van der Waals surface area contributed by atoms with E-state index in [0.717, 1.165) is 5.56 Å². The molecular formula is C14H19NO4. The predicted molar refractivity (Wildman–Crippen MR) is 71.1 cm³/mol. The second kappa shape index (κ2) is 6.78. The van der Waals surface area contributed by atoms with Crippen LogP contribution in [0.15, 0.2) is 24.3 Å². The van der Waals surface area contributed by atoms with E-state index in [1.807, 2.05) is 0 Å². The number of nitrogens with one attached hydrogen (secondary N) is 1. The monoisotopic (exact) mass is 265 g/mol. The van der Waals surface area contributed by atoms with E-state index < -0.39 is 12.0 Å². The molecule has 0 aliphatic rings. The molecule has 0 saturated carbocycles. The molecule has 1 amide bonds. The zero-order valence-corrected chi connectivity index (χ0v) is 11.3. The maximum atomic E-state index is 11.6. The Morgan fingerprint density at radius 1 is 1.26 bits per heavy atom. The van der Waals surface area contributed by atoms with Crippen molar-refractivity contribution in [3.8, 4) is 5.75 Å². The molecule has 104 valence electrons. The van der Waals surface area contributed by atoms with E-state index in [4.69, 9.17) is 9.84 Å². The molecule has 2 N–H and O–H groups in total. The van der Waals surface area contributed by atoms with Crippen LogP contribution in [0.1, 0.15) is 19.4 Å². The molecule has 1 aromatic rings. The van der Waals surface area contributed by atoms with Crippen LogP contribution in [-0.2, 0) is 16.0 Å². The third kappa shape index (κ3) is 4.62. The first kappa shape index (κ1) is 15.0. The Labute approximate surface area is 112 Å². The van der Waals surface area contributed by atoms with Crippen LogP contribution in [0.3, 0.4) is 0 Å². The van der Waals surface area contributed by atoms with Gasteiger partial charge in [0.25, 0.3) is 0 Å². The average Bonchev–Trinajstić information content (AvgIpc) is 2.38. The van der Waals surface area contributed by atoms with E-state index in [-0.39, 0.29) is 18.2 Å². The maximum absolute atomic E-state index is 11.6. The Morgan fingerprint density at radius 2 is 1.84 bits per heavy atom. The quantitative estimate of drug-likeness (QED) is 0.816. The van der Waals surface area contributed by atoms with Crippen molar-refractivity contribution in [2.24, 2.45) is 5.92 Å². The van der Waals surface area contributed by atoms with Gasteiger partial charge in [-0.25, -0.2) is 4.79 Å². The number of aliphatic carboxylic acids is 1. The van der Waals surface area contributed by atoms with Crippen LogP contribution in [0, 0.1) is 5.92 Å². The van der Waals surface area contributed by atoms with Crippen molar-refractivity contribution < 1.29 is 19.4 Å². The lowest BCUT2D eigenvalue weighted by atomic mass is 10.0. The van der Waals surface area contributed by atoms with Crippen LogP contribution in [0.5, 0.6) is 5.75 Å². The van der Waals surface area contributed by atoms with Gasteiger partial charge in [0, 0.05) is 12.3 Å². The average molecular weight is 265 g/mol. The van der Waals surface area contributed by atoms with Gasteiger partial charge >= 0.3 is 5.97 Å². The minimum Gasteiger partial charge on any atom is -0.497 e. The molecule has 0 radical (unpaired) electrons. The number of rotatable bonds is 6. The highest BCUT2D eigenvalue weighted by atomic mass is 16.5. The predicted octanol–water partition coefficient (Wildman–Crippen LogP) is 1.46. The molecule has 1 aromatic carbocycles. The van der Waals surface area contributed by atoms with Gasteiger partial charge in [0.1, 0.15) is 11.8 Å². The Kier molecular flexibility index (Phi) is 5.36. The number of amides is 1. The molecule has 0 heterocycles. The molecule has 0 aliphatic heterocycles. The Bertz CT molecular complexity index is 439. The van der Waals surface area contributed by atoms with Crippen LogP contribution < -0.4 is 10.1 Å². The summed E-state index contributed by atoms with van der Waals surface area (Å²) in [5, 5.41) is 11.6. The van der Waals surface area contributed by atoms with E-state index in [2.05, 4.69) is 5.32 Å². The minimum absolute atomic E-state index is 0.238. The number of carbonyl (C=O) groups excluding carboxylic acids is 1. The van der Waals surface area contributed by atoms with Crippen molar-refractivity contribution in [3.05, 3.63) is 29.8 Å². The fourth-order valence-corrected chi connectivity index (χ4v) is 1.54. The van der Waals surface area contributed by atoms with Gasteiger partial charge in [-0.3, -0.25) is 4.79 Å². The summed E-state index contributed by atoms with van der Waals surface area (Å²) >= 11 is 0. The minimum atomic E-state index is -1.04. The summed E-state index contributed by atoms with van der Waals surface area (Å²) in [5.74, 6) is -0.828. The van der Waals surface area contributed by atoms with Gasteiger partial charge < -0.3 is 15.2 Å². The second-order valence-electron chi connectivity index (χ2n) is 4.61. The molecule has 0 aromatic heterocycles. The number of methoxy groups -OCH3 is 1. The van der Waals surface area contributed by atoms with E-state index in [0.29, 0.717) is 5.75 Å². The molecule has 19 heavy (non-hydrogen) atoms. The summed E-state index contributed by atoms with van der Waals surface area (Å²) in [6, 6.07) is 6.19. The molecule has 0 bridgehead atoms. The lowest BCUT2D eigenvalue weighted by molar-refractivity contribution is -0.142. The zero-order valence-electron chi connectivity index (χ0n) is 11.3. The molecule has 0 aliphatic carbocycles. The standard InChI is InChI=1S/C14H19NO4/c1-9(2)13(16)15-12(14(17)18)8-10-4-6-11(19-3)7-5-10/h4-7,9,12H,8H2,1-3H3,(H,15,16)(H,17,18). The van der Waals surface area contributed by atoms with E-state index in [1.165, 1.54) is 0 Å². The molecule has 0 fully saturated rings.